The van der Waals surface area contributed by atoms with Crippen molar-refractivity contribution in [3.8, 4) is 0 Å². The zero-order valence-corrected chi connectivity index (χ0v) is 10.4. The number of rotatable bonds is 2. The largest absolute Gasteiger partial charge is 0.478 e. The highest BCUT2D eigenvalue weighted by molar-refractivity contribution is 9.10. The Labute approximate surface area is 101 Å². The third kappa shape index (κ3) is 2.96. The van der Waals surface area contributed by atoms with Gasteiger partial charge >= 0.3 is 12.0 Å². The average Bonchev–Trinajstić information content (AvgIpc) is 2.20. The maximum Gasteiger partial charge on any atom is 0.335 e. The molecule has 2 N–H and O–H groups in total. The van der Waals surface area contributed by atoms with Crippen molar-refractivity contribution in [1.82, 2.24) is 4.90 Å². The molecule has 0 saturated carbocycles. The Kier molecular flexibility index (Phi) is 3.89. The number of carbonyl (C=O) groups is 2. The van der Waals surface area contributed by atoms with Crippen LogP contribution in [0.1, 0.15) is 10.4 Å². The van der Waals surface area contributed by atoms with Gasteiger partial charge in [-0.05, 0) is 34.1 Å². The number of hydrogen-bond donors (Lipinski definition) is 2. The molecule has 6 heteroatoms. The number of benzene rings is 1. The van der Waals surface area contributed by atoms with Crippen LogP contribution in [0.3, 0.4) is 0 Å². The Hall–Kier alpha value is -1.56. The van der Waals surface area contributed by atoms with E-state index in [1.54, 1.807) is 20.2 Å². The number of hydrogen-bond acceptors (Lipinski definition) is 2. The topological polar surface area (TPSA) is 69.6 Å². The summed E-state index contributed by atoms with van der Waals surface area (Å²) in [4.78, 5) is 23.5. The molecular formula is C10H11BrN2O3. The zero-order valence-electron chi connectivity index (χ0n) is 8.82. The summed E-state index contributed by atoms with van der Waals surface area (Å²) in [7, 11) is 3.20. The Morgan fingerprint density at radius 1 is 1.38 bits per heavy atom. The molecular weight excluding hydrogens is 276 g/mol. The van der Waals surface area contributed by atoms with Crippen LogP contribution in [0, 0.1) is 0 Å². The van der Waals surface area contributed by atoms with Gasteiger partial charge in [0.15, 0.2) is 0 Å². The van der Waals surface area contributed by atoms with Gasteiger partial charge in [-0.3, -0.25) is 0 Å². The van der Waals surface area contributed by atoms with Crippen molar-refractivity contribution in [1.29, 1.82) is 0 Å². The van der Waals surface area contributed by atoms with Crippen LogP contribution in [0.15, 0.2) is 22.7 Å². The van der Waals surface area contributed by atoms with Gasteiger partial charge in [-0.15, -0.1) is 0 Å². The van der Waals surface area contributed by atoms with Crippen molar-refractivity contribution in [3.63, 3.8) is 0 Å². The molecule has 86 valence electrons. The first-order valence-corrected chi connectivity index (χ1v) is 5.22. The molecule has 0 aliphatic rings. The van der Waals surface area contributed by atoms with Crippen LogP contribution in [-0.4, -0.2) is 36.1 Å². The molecule has 1 aromatic rings. The summed E-state index contributed by atoms with van der Waals surface area (Å²) in [6.45, 7) is 0. The van der Waals surface area contributed by atoms with Crippen LogP contribution in [0.5, 0.6) is 0 Å². The minimum atomic E-state index is -1.03. The van der Waals surface area contributed by atoms with Gasteiger partial charge in [0.05, 0.1) is 11.3 Å². The van der Waals surface area contributed by atoms with Crippen molar-refractivity contribution in [2.45, 2.75) is 0 Å². The molecule has 0 aliphatic carbocycles. The molecule has 16 heavy (non-hydrogen) atoms. The molecule has 2 amide bonds. The predicted molar refractivity (Wildman–Crippen MR) is 63.8 cm³/mol. The highest BCUT2D eigenvalue weighted by atomic mass is 79.9. The van der Waals surface area contributed by atoms with Gasteiger partial charge in [0.25, 0.3) is 0 Å². The molecule has 0 fully saturated rings. The smallest absolute Gasteiger partial charge is 0.335 e. The maximum absolute atomic E-state index is 11.4. The fraction of sp³-hybridized carbons (Fsp3) is 0.200. The molecule has 0 bridgehead atoms. The number of carboxylic acid groups (broad SMARTS) is 1. The number of urea groups is 1. The van der Waals surface area contributed by atoms with Crippen molar-refractivity contribution in [3.05, 3.63) is 28.2 Å². The monoisotopic (exact) mass is 286 g/mol. The molecule has 1 rings (SSSR count). The van der Waals surface area contributed by atoms with Gasteiger partial charge < -0.3 is 15.3 Å². The van der Waals surface area contributed by atoms with E-state index in [1.165, 1.54) is 17.0 Å². The van der Waals surface area contributed by atoms with E-state index in [1.807, 2.05) is 0 Å². The molecule has 5 nitrogen and oxygen atoms in total. The van der Waals surface area contributed by atoms with E-state index in [-0.39, 0.29) is 11.6 Å². The zero-order chi connectivity index (χ0) is 12.3. The number of halogens is 1. The quantitative estimate of drug-likeness (QED) is 0.876. The highest BCUT2D eigenvalue weighted by Crippen LogP contribution is 2.23. The first-order valence-electron chi connectivity index (χ1n) is 4.43. The Morgan fingerprint density at radius 2 is 2.00 bits per heavy atom. The fourth-order valence-corrected chi connectivity index (χ4v) is 1.33. The number of carbonyl (C=O) groups excluding carboxylic acids is 1. The van der Waals surface area contributed by atoms with E-state index in [2.05, 4.69) is 21.2 Å². The third-order valence-corrected chi connectivity index (χ3v) is 2.55. The van der Waals surface area contributed by atoms with Gasteiger partial charge in [-0.1, -0.05) is 0 Å². The van der Waals surface area contributed by atoms with Crippen molar-refractivity contribution in [2.24, 2.45) is 0 Å². The molecule has 0 aromatic heterocycles. The second-order valence-electron chi connectivity index (χ2n) is 3.32. The molecule has 0 aliphatic heterocycles. The molecule has 0 spiro atoms. The Morgan fingerprint density at radius 3 is 2.50 bits per heavy atom. The van der Waals surface area contributed by atoms with Gasteiger partial charge in [0.1, 0.15) is 0 Å². The van der Waals surface area contributed by atoms with E-state index < -0.39 is 5.97 Å². The van der Waals surface area contributed by atoms with Gasteiger partial charge in [-0.25, -0.2) is 9.59 Å². The lowest BCUT2D eigenvalue weighted by Crippen LogP contribution is -2.27. The van der Waals surface area contributed by atoms with Gasteiger partial charge in [0, 0.05) is 18.6 Å². The van der Waals surface area contributed by atoms with Gasteiger partial charge in [-0.2, -0.15) is 0 Å². The van der Waals surface area contributed by atoms with Crippen LogP contribution in [0.25, 0.3) is 0 Å². The van der Waals surface area contributed by atoms with Crippen LogP contribution in [-0.2, 0) is 0 Å². The number of amides is 2. The summed E-state index contributed by atoms with van der Waals surface area (Å²) in [6, 6.07) is 4.11. The number of carboxylic acids is 1. The Bertz CT molecular complexity index is 432. The van der Waals surface area contributed by atoms with Crippen molar-refractivity contribution >= 4 is 33.6 Å². The van der Waals surface area contributed by atoms with E-state index in [0.717, 1.165) is 0 Å². The maximum atomic E-state index is 11.4. The summed E-state index contributed by atoms with van der Waals surface area (Å²) in [5.74, 6) is -1.03. The minimum Gasteiger partial charge on any atom is -0.478 e. The normalized spacial score (nSPS) is 9.69. The van der Waals surface area contributed by atoms with Crippen molar-refractivity contribution in [2.75, 3.05) is 19.4 Å². The van der Waals surface area contributed by atoms with E-state index >= 15 is 0 Å². The van der Waals surface area contributed by atoms with E-state index in [0.29, 0.717) is 10.2 Å². The molecule has 0 heterocycles. The second kappa shape index (κ2) is 4.98. The molecule has 0 atom stereocenters. The lowest BCUT2D eigenvalue weighted by atomic mass is 10.2. The van der Waals surface area contributed by atoms with Crippen LogP contribution < -0.4 is 5.32 Å². The molecule has 0 saturated heterocycles. The highest BCUT2D eigenvalue weighted by Gasteiger charge is 2.10. The van der Waals surface area contributed by atoms with Gasteiger partial charge in [0.2, 0.25) is 0 Å². The molecule has 0 unspecified atom stereocenters. The summed E-state index contributed by atoms with van der Waals surface area (Å²) in [5, 5.41) is 11.4. The average molecular weight is 287 g/mol. The number of anilines is 1. The minimum absolute atomic E-state index is 0.122. The third-order valence-electron chi connectivity index (χ3n) is 1.86. The summed E-state index contributed by atoms with van der Waals surface area (Å²) in [6.07, 6.45) is 0. The van der Waals surface area contributed by atoms with Crippen LogP contribution >= 0.6 is 15.9 Å². The van der Waals surface area contributed by atoms with E-state index in [9.17, 15) is 9.59 Å². The van der Waals surface area contributed by atoms with E-state index in [4.69, 9.17) is 5.11 Å². The van der Waals surface area contributed by atoms with Crippen LogP contribution in [0.2, 0.25) is 0 Å². The van der Waals surface area contributed by atoms with Crippen molar-refractivity contribution < 1.29 is 14.7 Å². The summed E-state index contributed by atoms with van der Waals surface area (Å²) < 4.78 is 0.632. The van der Waals surface area contributed by atoms with Crippen LogP contribution in [0.4, 0.5) is 10.5 Å². The standard InChI is InChI=1S/C10H11BrN2O3/c1-13(2)10(16)12-8-5-6(9(14)15)3-4-7(8)11/h3-5H,1-2H3,(H,12,16)(H,14,15). The predicted octanol–water partition coefficient (Wildman–Crippen LogP) is 2.24. The lowest BCUT2D eigenvalue weighted by Gasteiger charge is -2.13. The lowest BCUT2D eigenvalue weighted by molar-refractivity contribution is 0.0697. The first-order chi connectivity index (χ1) is 7.41. The number of nitrogens with one attached hydrogen (secondary N) is 1. The fourth-order valence-electron chi connectivity index (χ4n) is 0.981. The molecule has 0 radical (unpaired) electrons. The first kappa shape index (κ1) is 12.5. The number of aromatic carboxylic acids is 1. The SMILES string of the molecule is CN(C)C(=O)Nc1cc(C(=O)O)ccc1Br. The number of nitrogens with zero attached hydrogens (tertiary/aromatic N) is 1. The Balaban J connectivity index is 2.99. The summed E-state index contributed by atoms with van der Waals surface area (Å²) >= 11 is 3.23. The summed E-state index contributed by atoms with van der Waals surface area (Å²) in [5.41, 5.74) is 0.552. The second-order valence-corrected chi connectivity index (χ2v) is 4.18. The molecule has 1 aromatic carbocycles.